The lowest BCUT2D eigenvalue weighted by Crippen LogP contribution is -2.40. The van der Waals surface area contributed by atoms with Crippen LogP contribution >= 0.6 is 0 Å². The van der Waals surface area contributed by atoms with Crippen LogP contribution in [0.4, 0.5) is 26.3 Å². The third-order valence-electron chi connectivity index (χ3n) is 4.67. The Morgan fingerprint density at radius 2 is 1.59 bits per heavy atom. The third-order valence-corrected chi connectivity index (χ3v) is 4.67. The number of methoxy groups -OCH3 is 1. The Kier molecular flexibility index (Phi) is 5.92. The van der Waals surface area contributed by atoms with E-state index in [9.17, 15) is 31.1 Å². The monoisotopic (exact) mass is 334 g/mol. The molecule has 0 heterocycles. The molecule has 1 aliphatic carbocycles. The Morgan fingerprint density at radius 1 is 1.14 bits per heavy atom. The van der Waals surface area contributed by atoms with Crippen molar-refractivity contribution in [3.05, 3.63) is 0 Å². The van der Waals surface area contributed by atoms with Crippen LogP contribution in [0.3, 0.4) is 0 Å². The number of alkyl halides is 6. The summed E-state index contributed by atoms with van der Waals surface area (Å²) in [7, 11) is 1.49. The van der Waals surface area contributed by atoms with Crippen LogP contribution in [0.2, 0.25) is 0 Å². The van der Waals surface area contributed by atoms with E-state index in [0.29, 0.717) is 12.8 Å². The first-order chi connectivity index (χ1) is 9.92. The van der Waals surface area contributed by atoms with Crippen LogP contribution in [-0.4, -0.2) is 31.3 Å². The molecule has 1 fully saturated rings. The van der Waals surface area contributed by atoms with Gasteiger partial charge in [-0.1, -0.05) is 0 Å². The molecule has 0 aromatic heterocycles. The molecular weight excluding hydrogens is 314 g/mol. The van der Waals surface area contributed by atoms with Crippen LogP contribution in [0, 0.1) is 11.3 Å². The molecule has 1 aliphatic rings. The highest BCUT2D eigenvalue weighted by Gasteiger charge is 2.57. The fourth-order valence-corrected chi connectivity index (χ4v) is 3.09. The van der Waals surface area contributed by atoms with E-state index in [0.717, 1.165) is 0 Å². The van der Waals surface area contributed by atoms with Gasteiger partial charge < -0.3 is 4.74 Å². The quantitative estimate of drug-likeness (QED) is 0.683. The van der Waals surface area contributed by atoms with Gasteiger partial charge in [0, 0.05) is 12.5 Å². The molecule has 1 rings (SSSR count). The molecule has 0 saturated heterocycles. The SMILES string of the molecule is COC1CCC(CCC(C(F)(F)F)C(F)(F)F)(C(C)=O)CC1. The summed E-state index contributed by atoms with van der Waals surface area (Å²) in [4.78, 5) is 11.8. The molecule has 0 spiro atoms. The molecule has 0 atom stereocenters. The Labute approximate surface area is 125 Å². The number of hydrogen-bond acceptors (Lipinski definition) is 2. The maximum Gasteiger partial charge on any atom is 0.400 e. The molecule has 0 amide bonds. The number of halogens is 6. The van der Waals surface area contributed by atoms with Gasteiger partial charge in [-0.3, -0.25) is 4.79 Å². The van der Waals surface area contributed by atoms with Gasteiger partial charge in [0.25, 0.3) is 0 Å². The van der Waals surface area contributed by atoms with Gasteiger partial charge in [-0.15, -0.1) is 0 Å². The minimum atomic E-state index is -5.35. The van der Waals surface area contributed by atoms with Crippen LogP contribution in [-0.2, 0) is 9.53 Å². The van der Waals surface area contributed by atoms with E-state index in [-0.39, 0.29) is 24.7 Å². The number of carbonyl (C=O) groups excluding carboxylic acids is 1. The smallest absolute Gasteiger partial charge is 0.381 e. The predicted molar refractivity (Wildman–Crippen MR) is 67.2 cm³/mol. The molecule has 0 bridgehead atoms. The minimum Gasteiger partial charge on any atom is -0.381 e. The lowest BCUT2D eigenvalue weighted by molar-refractivity contribution is -0.287. The molecule has 22 heavy (non-hydrogen) atoms. The van der Waals surface area contributed by atoms with Crippen molar-refractivity contribution in [3.8, 4) is 0 Å². The molecule has 0 N–H and O–H groups in total. The molecule has 2 nitrogen and oxygen atoms in total. The maximum absolute atomic E-state index is 12.6. The van der Waals surface area contributed by atoms with E-state index < -0.39 is 36.5 Å². The third kappa shape index (κ3) is 4.60. The van der Waals surface area contributed by atoms with Crippen molar-refractivity contribution in [1.29, 1.82) is 0 Å². The van der Waals surface area contributed by atoms with E-state index in [1.165, 1.54) is 14.0 Å². The van der Waals surface area contributed by atoms with Crippen molar-refractivity contribution in [2.45, 2.75) is 63.9 Å². The Hall–Kier alpha value is -0.790. The highest BCUT2D eigenvalue weighted by atomic mass is 19.4. The summed E-state index contributed by atoms with van der Waals surface area (Å²) in [6.07, 6.45) is -10.8. The summed E-state index contributed by atoms with van der Waals surface area (Å²) in [5.74, 6) is -3.72. The molecule has 0 radical (unpaired) electrons. The van der Waals surface area contributed by atoms with Gasteiger partial charge >= 0.3 is 12.4 Å². The fourth-order valence-electron chi connectivity index (χ4n) is 3.09. The zero-order valence-electron chi connectivity index (χ0n) is 12.5. The second kappa shape index (κ2) is 6.76. The molecule has 8 heteroatoms. The van der Waals surface area contributed by atoms with Gasteiger partial charge in [-0.2, -0.15) is 26.3 Å². The summed E-state index contributed by atoms with van der Waals surface area (Å²) < 4.78 is 80.7. The van der Waals surface area contributed by atoms with E-state index in [1.54, 1.807) is 0 Å². The summed E-state index contributed by atoms with van der Waals surface area (Å²) in [6.45, 7) is 1.24. The largest absolute Gasteiger partial charge is 0.400 e. The molecule has 0 unspecified atom stereocenters. The van der Waals surface area contributed by atoms with Crippen molar-refractivity contribution >= 4 is 5.78 Å². The van der Waals surface area contributed by atoms with Gasteiger partial charge in [0.05, 0.1) is 6.10 Å². The molecule has 0 aromatic rings. The highest BCUT2D eigenvalue weighted by Crippen LogP contribution is 2.47. The minimum absolute atomic E-state index is 0.0893. The molecule has 1 saturated carbocycles. The number of ketones is 1. The Bertz CT molecular complexity index is 366. The van der Waals surface area contributed by atoms with Gasteiger partial charge in [0.2, 0.25) is 0 Å². The van der Waals surface area contributed by atoms with Crippen molar-refractivity contribution in [2.75, 3.05) is 7.11 Å². The van der Waals surface area contributed by atoms with Crippen molar-refractivity contribution in [2.24, 2.45) is 11.3 Å². The summed E-state index contributed by atoms with van der Waals surface area (Å²) in [6, 6.07) is 0. The molecule has 130 valence electrons. The van der Waals surface area contributed by atoms with Gasteiger partial charge in [0.15, 0.2) is 5.92 Å². The second-order valence-corrected chi connectivity index (χ2v) is 5.95. The van der Waals surface area contributed by atoms with E-state index in [4.69, 9.17) is 4.74 Å². The van der Waals surface area contributed by atoms with Crippen molar-refractivity contribution in [1.82, 2.24) is 0 Å². The van der Waals surface area contributed by atoms with Crippen LogP contribution in [0.15, 0.2) is 0 Å². The number of rotatable bonds is 5. The Balaban J connectivity index is 2.82. The summed E-state index contributed by atoms with van der Waals surface area (Å²) in [5, 5.41) is 0. The van der Waals surface area contributed by atoms with Crippen molar-refractivity contribution < 1.29 is 35.9 Å². The summed E-state index contributed by atoms with van der Waals surface area (Å²) >= 11 is 0. The second-order valence-electron chi connectivity index (χ2n) is 5.95. The Morgan fingerprint density at radius 3 is 1.91 bits per heavy atom. The number of hydrogen-bond donors (Lipinski definition) is 0. The first kappa shape index (κ1) is 19.3. The predicted octanol–water partition coefficient (Wildman–Crippen LogP) is 4.67. The number of carbonyl (C=O) groups is 1. The van der Waals surface area contributed by atoms with Crippen LogP contribution in [0.5, 0.6) is 0 Å². The average Bonchev–Trinajstić information content (AvgIpc) is 2.36. The molecule has 0 aromatic carbocycles. The number of Topliss-reactive ketones (excluding diaryl/α,β-unsaturated/α-hetero) is 1. The van der Waals surface area contributed by atoms with Crippen LogP contribution in [0.25, 0.3) is 0 Å². The van der Waals surface area contributed by atoms with E-state index in [2.05, 4.69) is 0 Å². The molecular formula is C14H20F6O2. The first-order valence-electron chi connectivity index (χ1n) is 7.09. The lowest BCUT2D eigenvalue weighted by atomic mass is 9.67. The average molecular weight is 334 g/mol. The maximum atomic E-state index is 12.6. The van der Waals surface area contributed by atoms with Crippen LogP contribution in [0.1, 0.15) is 45.4 Å². The van der Waals surface area contributed by atoms with Gasteiger partial charge in [-0.25, -0.2) is 0 Å². The van der Waals surface area contributed by atoms with E-state index >= 15 is 0 Å². The summed E-state index contributed by atoms with van der Waals surface area (Å²) in [5.41, 5.74) is -1.09. The fraction of sp³-hybridized carbons (Fsp3) is 0.929. The zero-order chi connectivity index (χ0) is 17.2. The topological polar surface area (TPSA) is 26.3 Å². The van der Waals surface area contributed by atoms with Gasteiger partial charge in [-0.05, 0) is 45.4 Å². The zero-order valence-corrected chi connectivity index (χ0v) is 12.5. The van der Waals surface area contributed by atoms with Crippen LogP contribution < -0.4 is 0 Å². The normalized spacial score (nSPS) is 27.2. The first-order valence-corrected chi connectivity index (χ1v) is 7.09. The van der Waals surface area contributed by atoms with Gasteiger partial charge in [0.1, 0.15) is 5.78 Å². The molecule has 0 aliphatic heterocycles. The highest BCUT2D eigenvalue weighted by molar-refractivity contribution is 5.82. The van der Waals surface area contributed by atoms with Crippen molar-refractivity contribution in [3.63, 3.8) is 0 Å². The standard InChI is InChI=1S/C14H20F6O2/c1-9(21)12(6-3-10(22-2)4-7-12)8-5-11(13(15,16)17)14(18,19)20/h10-11H,3-8H2,1-2H3. The number of ether oxygens (including phenoxy) is 1. The van der Waals surface area contributed by atoms with E-state index in [1.807, 2.05) is 0 Å². The lowest BCUT2D eigenvalue weighted by Gasteiger charge is -2.39.